The van der Waals surface area contributed by atoms with Crippen molar-refractivity contribution in [3.05, 3.63) is 51.8 Å². The number of nitrogens with zero attached hydrogens (tertiary/aromatic N) is 2. The van der Waals surface area contributed by atoms with Crippen molar-refractivity contribution in [3.63, 3.8) is 0 Å². The van der Waals surface area contributed by atoms with E-state index in [2.05, 4.69) is 38.0 Å². The zero-order valence-electron chi connectivity index (χ0n) is 9.77. The van der Waals surface area contributed by atoms with Crippen LogP contribution in [0.15, 0.2) is 40.0 Å². The van der Waals surface area contributed by atoms with Gasteiger partial charge in [0.15, 0.2) is 5.16 Å². The molecule has 0 aliphatic carbocycles. The zero-order valence-corrected chi connectivity index (χ0v) is 12.2. The molecule has 0 bridgehead atoms. The standard InChI is InChI=1S/C13H13BrN2S/c1-9-6-10(2)16-13(15-9)17-8-11-4-3-5-12(14)7-11/h3-7H,8H2,1-2H3. The molecule has 0 radical (unpaired) electrons. The van der Waals surface area contributed by atoms with Crippen molar-refractivity contribution < 1.29 is 0 Å². The summed E-state index contributed by atoms with van der Waals surface area (Å²) in [6.45, 7) is 4.00. The summed E-state index contributed by atoms with van der Waals surface area (Å²) in [5, 5.41) is 0.850. The van der Waals surface area contributed by atoms with Crippen molar-refractivity contribution in [2.75, 3.05) is 0 Å². The molecule has 2 rings (SSSR count). The molecule has 2 aromatic rings. The van der Waals surface area contributed by atoms with E-state index in [9.17, 15) is 0 Å². The van der Waals surface area contributed by atoms with Gasteiger partial charge in [-0.15, -0.1) is 0 Å². The van der Waals surface area contributed by atoms with Gasteiger partial charge in [-0.2, -0.15) is 0 Å². The summed E-state index contributed by atoms with van der Waals surface area (Å²) in [5.41, 5.74) is 3.32. The minimum atomic E-state index is 0.850. The third-order valence-corrected chi connectivity index (χ3v) is 3.63. The highest BCUT2D eigenvalue weighted by atomic mass is 79.9. The Kier molecular flexibility index (Phi) is 4.18. The molecule has 88 valence electrons. The van der Waals surface area contributed by atoms with Crippen LogP contribution in [0.2, 0.25) is 0 Å². The molecule has 0 aliphatic rings. The fraction of sp³-hybridized carbons (Fsp3) is 0.231. The summed E-state index contributed by atoms with van der Waals surface area (Å²) < 4.78 is 1.11. The first-order valence-electron chi connectivity index (χ1n) is 5.33. The van der Waals surface area contributed by atoms with E-state index < -0.39 is 0 Å². The van der Waals surface area contributed by atoms with E-state index in [0.717, 1.165) is 26.8 Å². The maximum atomic E-state index is 4.41. The lowest BCUT2D eigenvalue weighted by atomic mass is 10.2. The van der Waals surface area contributed by atoms with Crippen LogP contribution in [0.1, 0.15) is 17.0 Å². The number of hydrogen-bond donors (Lipinski definition) is 0. The van der Waals surface area contributed by atoms with Crippen LogP contribution in [-0.2, 0) is 5.75 Å². The lowest BCUT2D eigenvalue weighted by molar-refractivity contribution is 0.902. The highest BCUT2D eigenvalue weighted by molar-refractivity contribution is 9.10. The van der Waals surface area contributed by atoms with Gasteiger partial charge in [0.2, 0.25) is 0 Å². The van der Waals surface area contributed by atoms with Gasteiger partial charge in [0, 0.05) is 21.6 Å². The molecule has 0 spiro atoms. The van der Waals surface area contributed by atoms with E-state index >= 15 is 0 Å². The second-order valence-electron chi connectivity index (χ2n) is 3.85. The molecule has 1 aromatic heterocycles. The number of hydrogen-bond acceptors (Lipinski definition) is 3. The highest BCUT2D eigenvalue weighted by Gasteiger charge is 2.01. The molecule has 2 nitrogen and oxygen atoms in total. The van der Waals surface area contributed by atoms with Gasteiger partial charge >= 0.3 is 0 Å². The van der Waals surface area contributed by atoms with Crippen LogP contribution in [0.25, 0.3) is 0 Å². The smallest absolute Gasteiger partial charge is 0.188 e. The highest BCUT2D eigenvalue weighted by Crippen LogP contribution is 2.21. The van der Waals surface area contributed by atoms with Gasteiger partial charge in [-0.05, 0) is 37.6 Å². The number of aryl methyl sites for hydroxylation is 2. The van der Waals surface area contributed by atoms with Gasteiger partial charge < -0.3 is 0 Å². The van der Waals surface area contributed by atoms with Crippen molar-refractivity contribution in [2.45, 2.75) is 24.8 Å². The van der Waals surface area contributed by atoms with Gasteiger partial charge in [-0.1, -0.05) is 39.8 Å². The Morgan fingerprint density at radius 2 is 1.82 bits per heavy atom. The Hall–Kier alpha value is -0.870. The number of halogens is 1. The molecule has 0 amide bonds. The van der Waals surface area contributed by atoms with Gasteiger partial charge in [-0.25, -0.2) is 9.97 Å². The van der Waals surface area contributed by atoms with E-state index in [-0.39, 0.29) is 0 Å². The van der Waals surface area contributed by atoms with Crippen molar-refractivity contribution in [1.29, 1.82) is 0 Å². The van der Waals surface area contributed by atoms with Crippen LogP contribution in [0, 0.1) is 13.8 Å². The van der Waals surface area contributed by atoms with E-state index in [0.29, 0.717) is 0 Å². The Bertz CT molecular complexity index is 508. The average molecular weight is 309 g/mol. The lowest BCUT2D eigenvalue weighted by Crippen LogP contribution is -1.93. The van der Waals surface area contributed by atoms with Crippen molar-refractivity contribution in [1.82, 2.24) is 9.97 Å². The van der Waals surface area contributed by atoms with Crippen molar-refractivity contribution in [3.8, 4) is 0 Å². The molecular weight excluding hydrogens is 296 g/mol. The minimum Gasteiger partial charge on any atom is -0.228 e. The predicted octanol–water partition coefficient (Wildman–Crippen LogP) is 4.15. The molecule has 0 unspecified atom stereocenters. The number of thioether (sulfide) groups is 1. The first kappa shape index (κ1) is 12.6. The second kappa shape index (κ2) is 5.65. The summed E-state index contributed by atoms with van der Waals surface area (Å²) in [4.78, 5) is 8.82. The van der Waals surface area contributed by atoms with Crippen LogP contribution in [-0.4, -0.2) is 9.97 Å². The molecule has 0 fully saturated rings. The SMILES string of the molecule is Cc1cc(C)nc(SCc2cccc(Br)c2)n1. The number of aromatic nitrogens is 2. The van der Waals surface area contributed by atoms with Crippen LogP contribution in [0.4, 0.5) is 0 Å². The Balaban J connectivity index is 2.07. The molecule has 17 heavy (non-hydrogen) atoms. The monoisotopic (exact) mass is 308 g/mol. The Morgan fingerprint density at radius 1 is 1.12 bits per heavy atom. The molecular formula is C13H13BrN2S. The number of benzene rings is 1. The van der Waals surface area contributed by atoms with Crippen LogP contribution < -0.4 is 0 Å². The number of rotatable bonds is 3. The summed E-state index contributed by atoms with van der Waals surface area (Å²) in [6.07, 6.45) is 0. The van der Waals surface area contributed by atoms with Gasteiger partial charge in [-0.3, -0.25) is 0 Å². The molecule has 0 aliphatic heterocycles. The zero-order chi connectivity index (χ0) is 12.3. The maximum absolute atomic E-state index is 4.41. The van der Waals surface area contributed by atoms with Gasteiger partial charge in [0.25, 0.3) is 0 Å². The fourth-order valence-corrected chi connectivity index (χ4v) is 2.87. The normalized spacial score (nSPS) is 10.5. The Labute approximate surface area is 114 Å². The second-order valence-corrected chi connectivity index (χ2v) is 5.71. The first-order valence-corrected chi connectivity index (χ1v) is 7.11. The van der Waals surface area contributed by atoms with Crippen LogP contribution in [0.5, 0.6) is 0 Å². The largest absolute Gasteiger partial charge is 0.228 e. The van der Waals surface area contributed by atoms with E-state index in [4.69, 9.17) is 0 Å². The van der Waals surface area contributed by atoms with Crippen LogP contribution in [0.3, 0.4) is 0 Å². The van der Waals surface area contributed by atoms with Crippen molar-refractivity contribution in [2.24, 2.45) is 0 Å². The third-order valence-electron chi connectivity index (χ3n) is 2.22. The fourth-order valence-electron chi connectivity index (χ4n) is 1.53. The van der Waals surface area contributed by atoms with Crippen molar-refractivity contribution >= 4 is 27.7 Å². The summed E-state index contributed by atoms with van der Waals surface area (Å²) in [5.74, 6) is 0.891. The summed E-state index contributed by atoms with van der Waals surface area (Å²) in [7, 11) is 0. The summed E-state index contributed by atoms with van der Waals surface area (Å²) in [6, 6.07) is 10.3. The molecule has 0 N–H and O–H groups in total. The quantitative estimate of drug-likeness (QED) is 0.629. The van der Waals surface area contributed by atoms with Crippen LogP contribution >= 0.6 is 27.7 Å². The van der Waals surface area contributed by atoms with E-state index in [1.165, 1.54) is 5.56 Å². The molecule has 4 heteroatoms. The maximum Gasteiger partial charge on any atom is 0.188 e. The first-order chi connectivity index (χ1) is 8.13. The molecule has 0 saturated carbocycles. The minimum absolute atomic E-state index is 0.850. The molecule has 0 saturated heterocycles. The molecule has 1 heterocycles. The predicted molar refractivity (Wildman–Crippen MR) is 75.2 cm³/mol. The Morgan fingerprint density at radius 3 is 2.47 bits per heavy atom. The lowest BCUT2D eigenvalue weighted by Gasteiger charge is -2.03. The van der Waals surface area contributed by atoms with E-state index in [1.54, 1.807) is 11.8 Å². The molecule has 0 atom stereocenters. The third kappa shape index (κ3) is 3.82. The average Bonchev–Trinajstić information content (AvgIpc) is 2.25. The topological polar surface area (TPSA) is 25.8 Å². The molecule has 1 aromatic carbocycles. The van der Waals surface area contributed by atoms with Gasteiger partial charge in [0.1, 0.15) is 0 Å². The summed E-state index contributed by atoms with van der Waals surface area (Å²) >= 11 is 5.14. The van der Waals surface area contributed by atoms with Gasteiger partial charge in [0.05, 0.1) is 0 Å². The van der Waals surface area contributed by atoms with E-state index in [1.807, 2.05) is 32.0 Å².